The van der Waals surface area contributed by atoms with Crippen LogP contribution >= 0.6 is 27.5 Å². The summed E-state index contributed by atoms with van der Waals surface area (Å²) in [6.07, 6.45) is 1.49. The van der Waals surface area contributed by atoms with Crippen LogP contribution in [0.3, 0.4) is 0 Å². The van der Waals surface area contributed by atoms with Crippen LogP contribution in [-0.4, -0.2) is 9.97 Å². The molecule has 0 aliphatic rings. The predicted molar refractivity (Wildman–Crippen MR) is 67.7 cm³/mol. The molecule has 1 aromatic heterocycles. The zero-order valence-corrected chi connectivity index (χ0v) is 10.8. The molecule has 1 N–H and O–H groups in total. The summed E-state index contributed by atoms with van der Waals surface area (Å²) in [7, 11) is 0. The molecule has 1 aromatic carbocycles. The standard InChI is InChI=1S/C11H8BrClN2O/c1-6-4-7(13)2-3-8(6)10-14-5-9(12)11(16)15-10/h2-5H,1H3,(H,14,15,16). The molecule has 1 heterocycles. The van der Waals surface area contributed by atoms with Crippen LogP contribution in [0.2, 0.25) is 5.02 Å². The van der Waals surface area contributed by atoms with Crippen molar-refractivity contribution in [2.75, 3.05) is 0 Å². The van der Waals surface area contributed by atoms with Crippen LogP contribution in [0.4, 0.5) is 0 Å². The van der Waals surface area contributed by atoms with E-state index >= 15 is 0 Å². The van der Waals surface area contributed by atoms with E-state index in [2.05, 4.69) is 25.9 Å². The summed E-state index contributed by atoms with van der Waals surface area (Å²) in [4.78, 5) is 18.3. The lowest BCUT2D eigenvalue weighted by molar-refractivity contribution is 1.10. The van der Waals surface area contributed by atoms with Gasteiger partial charge in [-0.1, -0.05) is 11.6 Å². The largest absolute Gasteiger partial charge is 0.306 e. The highest BCUT2D eigenvalue weighted by Crippen LogP contribution is 2.22. The Balaban J connectivity index is 2.59. The summed E-state index contributed by atoms with van der Waals surface area (Å²) in [6, 6.07) is 5.44. The SMILES string of the molecule is Cc1cc(Cl)ccc1-c1ncc(Br)c(=O)[nH]1. The fourth-order valence-corrected chi connectivity index (χ4v) is 1.84. The third-order valence-corrected chi connectivity index (χ3v) is 3.00. The van der Waals surface area contributed by atoms with Crippen molar-refractivity contribution in [1.82, 2.24) is 9.97 Å². The van der Waals surface area contributed by atoms with Gasteiger partial charge in [0.25, 0.3) is 5.56 Å². The second-order valence-corrected chi connectivity index (χ2v) is 4.66. The van der Waals surface area contributed by atoms with E-state index in [1.54, 1.807) is 6.07 Å². The van der Waals surface area contributed by atoms with Gasteiger partial charge in [-0.2, -0.15) is 0 Å². The molecule has 0 aliphatic heterocycles. The molecule has 16 heavy (non-hydrogen) atoms. The molecular weight excluding hydrogens is 291 g/mol. The number of rotatable bonds is 1. The highest BCUT2D eigenvalue weighted by Gasteiger charge is 2.06. The first-order valence-corrected chi connectivity index (χ1v) is 5.76. The van der Waals surface area contributed by atoms with E-state index in [-0.39, 0.29) is 5.56 Å². The van der Waals surface area contributed by atoms with Gasteiger partial charge in [-0.3, -0.25) is 4.79 Å². The van der Waals surface area contributed by atoms with Crippen molar-refractivity contribution in [3.63, 3.8) is 0 Å². The van der Waals surface area contributed by atoms with Crippen molar-refractivity contribution in [2.24, 2.45) is 0 Å². The van der Waals surface area contributed by atoms with Gasteiger partial charge in [0.05, 0.1) is 0 Å². The predicted octanol–water partition coefficient (Wildman–Crippen LogP) is 3.16. The second kappa shape index (κ2) is 4.39. The van der Waals surface area contributed by atoms with Crippen LogP contribution in [-0.2, 0) is 0 Å². The maximum Gasteiger partial charge on any atom is 0.265 e. The molecule has 0 unspecified atom stereocenters. The van der Waals surface area contributed by atoms with Crippen LogP contribution in [0.15, 0.2) is 33.7 Å². The minimum atomic E-state index is -0.195. The van der Waals surface area contributed by atoms with Crippen molar-refractivity contribution in [3.8, 4) is 11.4 Å². The smallest absolute Gasteiger partial charge is 0.265 e. The number of H-pyrrole nitrogens is 1. The summed E-state index contributed by atoms with van der Waals surface area (Å²) >= 11 is 8.97. The van der Waals surface area contributed by atoms with Crippen LogP contribution in [0.5, 0.6) is 0 Å². The fourth-order valence-electron chi connectivity index (χ4n) is 1.41. The Labute approximate surface area is 106 Å². The molecule has 0 fully saturated rings. The van der Waals surface area contributed by atoms with Crippen LogP contribution in [0.1, 0.15) is 5.56 Å². The fraction of sp³-hybridized carbons (Fsp3) is 0.0909. The summed E-state index contributed by atoms with van der Waals surface area (Å²) < 4.78 is 0.419. The molecule has 5 heteroatoms. The minimum absolute atomic E-state index is 0.195. The first-order valence-electron chi connectivity index (χ1n) is 4.59. The first-order chi connectivity index (χ1) is 7.58. The number of halogens is 2. The highest BCUT2D eigenvalue weighted by atomic mass is 79.9. The molecule has 2 rings (SSSR count). The lowest BCUT2D eigenvalue weighted by atomic mass is 10.1. The van der Waals surface area contributed by atoms with E-state index in [4.69, 9.17) is 11.6 Å². The Morgan fingerprint density at radius 3 is 2.81 bits per heavy atom. The number of hydrogen-bond acceptors (Lipinski definition) is 2. The minimum Gasteiger partial charge on any atom is -0.306 e. The molecule has 0 saturated heterocycles. The van der Waals surface area contributed by atoms with Gasteiger partial charge in [0.15, 0.2) is 0 Å². The Morgan fingerprint density at radius 1 is 1.44 bits per heavy atom. The first kappa shape index (κ1) is 11.4. The molecule has 0 aliphatic carbocycles. The Bertz CT molecular complexity index is 595. The summed E-state index contributed by atoms with van der Waals surface area (Å²) in [5.74, 6) is 0.544. The Hall–Kier alpha value is -1.13. The summed E-state index contributed by atoms with van der Waals surface area (Å²) in [5.41, 5.74) is 1.64. The van der Waals surface area contributed by atoms with Crippen molar-refractivity contribution < 1.29 is 0 Å². The lowest BCUT2D eigenvalue weighted by Gasteiger charge is -2.05. The maximum absolute atomic E-state index is 11.4. The molecular formula is C11H8BrClN2O. The quantitative estimate of drug-likeness (QED) is 0.879. The maximum atomic E-state index is 11.4. The number of hydrogen-bond donors (Lipinski definition) is 1. The molecule has 82 valence electrons. The van der Waals surface area contributed by atoms with Crippen molar-refractivity contribution in [2.45, 2.75) is 6.92 Å². The van der Waals surface area contributed by atoms with Gasteiger partial charge in [-0.05, 0) is 46.6 Å². The van der Waals surface area contributed by atoms with Crippen molar-refractivity contribution in [3.05, 3.63) is 49.8 Å². The van der Waals surface area contributed by atoms with Gasteiger partial charge in [-0.25, -0.2) is 4.98 Å². The van der Waals surface area contributed by atoms with E-state index in [9.17, 15) is 4.79 Å². The van der Waals surface area contributed by atoms with E-state index in [1.165, 1.54) is 6.20 Å². The van der Waals surface area contributed by atoms with Gasteiger partial charge in [-0.15, -0.1) is 0 Å². The third kappa shape index (κ3) is 2.18. The van der Waals surface area contributed by atoms with E-state index in [1.807, 2.05) is 19.1 Å². The molecule has 2 aromatic rings. The molecule has 0 saturated carbocycles. The number of nitrogens with one attached hydrogen (secondary N) is 1. The topological polar surface area (TPSA) is 45.8 Å². The van der Waals surface area contributed by atoms with E-state index in [0.717, 1.165) is 11.1 Å². The van der Waals surface area contributed by atoms with Gasteiger partial charge in [0.1, 0.15) is 10.3 Å². The third-order valence-electron chi connectivity index (χ3n) is 2.20. The zero-order valence-electron chi connectivity index (χ0n) is 8.42. The number of aromatic amines is 1. The van der Waals surface area contributed by atoms with Crippen molar-refractivity contribution >= 4 is 27.5 Å². The monoisotopic (exact) mass is 298 g/mol. The Morgan fingerprint density at radius 2 is 2.19 bits per heavy atom. The van der Waals surface area contributed by atoms with Gasteiger partial charge in [0, 0.05) is 16.8 Å². The van der Waals surface area contributed by atoms with Crippen molar-refractivity contribution in [1.29, 1.82) is 0 Å². The molecule has 3 nitrogen and oxygen atoms in total. The van der Waals surface area contributed by atoms with E-state index < -0.39 is 0 Å². The zero-order chi connectivity index (χ0) is 11.7. The number of aromatic nitrogens is 2. The molecule has 0 bridgehead atoms. The second-order valence-electron chi connectivity index (χ2n) is 3.37. The average Bonchev–Trinajstić information content (AvgIpc) is 2.22. The normalized spacial score (nSPS) is 10.4. The number of nitrogens with zero attached hydrogens (tertiary/aromatic N) is 1. The highest BCUT2D eigenvalue weighted by molar-refractivity contribution is 9.10. The van der Waals surface area contributed by atoms with Gasteiger partial charge in [0.2, 0.25) is 0 Å². The molecule has 0 atom stereocenters. The Kier molecular flexibility index (Phi) is 3.12. The van der Waals surface area contributed by atoms with Gasteiger partial charge >= 0.3 is 0 Å². The lowest BCUT2D eigenvalue weighted by Crippen LogP contribution is -2.09. The van der Waals surface area contributed by atoms with Gasteiger partial charge < -0.3 is 4.98 Å². The summed E-state index contributed by atoms with van der Waals surface area (Å²) in [6.45, 7) is 1.92. The molecule has 0 amide bonds. The number of benzene rings is 1. The summed E-state index contributed by atoms with van der Waals surface area (Å²) in [5, 5.41) is 0.667. The van der Waals surface area contributed by atoms with Crippen LogP contribution < -0.4 is 5.56 Å². The van der Waals surface area contributed by atoms with E-state index in [0.29, 0.717) is 15.3 Å². The number of aryl methyl sites for hydroxylation is 1. The van der Waals surface area contributed by atoms with Crippen LogP contribution in [0, 0.1) is 6.92 Å². The average molecular weight is 300 g/mol. The molecule has 0 radical (unpaired) electrons. The molecule has 0 spiro atoms. The van der Waals surface area contributed by atoms with Crippen LogP contribution in [0.25, 0.3) is 11.4 Å².